The van der Waals surface area contributed by atoms with Crippen molar-refractivity contribution in [2.24, 2.45) is 0 Å². The molecule has 3 heterocycles. The number of hydrogen-bond donors (Lipinski definition) is 4. The Bertz CT molecular complexity index is 1030. The zero-order valence-electron chi connectivity index (χ0n) is 15.3. The van der Waals surface area contributed by atoms with Gasteiger partial charge in [0.25, 0.3) is 5.91 Å². The SMILES string of the molecule is O=C(Nc1cnn(-c2csc(C(=O)N[C@@H]3CCNC3)c2)c1)Nc1ccccc1Cl. The van der Waals surface area contributed by atoms with Crippen LogP contribution in [0.1, 0.15) is 16.1 Å². The van der Waals surface area contributed by atoms with Crippen molar-refractivity contribution < 1.29 is 9.59 Å². The van der Waals surface area contributed by atoms with E-state index in [1.165, 1.54) is 17.5 Å². The summed E-state index contributed by atoms with van der Waals surface area (Å²) in [5.74, 6) is -0.0837. The Labute approximate surface area is 176 Å². The number of amides is 3. The number of anilines is 2. The summed E-state index contributed by atoms with van der Waals surface area (Å²) in [7, 11) is 0. The van der Waals surface area contributed by atoms with Crippen molar-refractivity contribution in [3.8, 4) is 5.69 Å². The summed E-state index contributed by atoms with van der Waals surface area (Å²) in [6.07, 6.45) is 4.15. The molecule has 0 aliphatic carbocycles. The highest BCUT2D eigenvalue weighted by Crippen LogP contribution is 2.22. The van der Waals surface area contributed by atoms with E-state index in [0.717, 1.165) is 25.2 Å². The van der Waals surface area contributed by atoms with Gasteiger partial charge in [0.15, 0.2) is 0 Å². The molecule has 8 nitrogen and oxygen atoms in total. The summed E-state index contributed by atoms with van der Waals surface area (Å²) >= 11 is 7.40. The van der Waals surface area contributed by atoms with E-state index in [1.54, 1.807) is 41.2 Å². The quantitative estimate of drug-likeness (QED) is 0.498. The lowest BCUT2D eigenvalue weighted by Crippen LogP contribution is -2.35. The molecule has 1 fully saturated rings. The normalized spacial score (nSPS) is 15.8. The van der Waals surface area contributed by atoms with Gasteiger partial charge in [0.05, 0.1) is 39.4 Å². The van der Waals surface area contributed by atoms with Gasteiger partial charge in [0.1, 0.15) is 0 Å². The summed E-state index contributed by atoms with van der Waals surface area (Å²) < 4.78 is 1.61. The number of carbonyl (C=O) groups is 2. The minimum Gasteiger partial charge on any atom is -0.347 e. The van der Waals surface area contributed by atoms with Gasteiger partial charge in [-0.1, -0.05) is 23.7 Å². The van der Waals surface area contributed by atoms with Gasteiger partial charge >= 0.3 is 6.03 Å². The van der Waals surface area contributed by atoms with Crippen LogP contribution in [0.3, 0.4) is 0 Å². The van der Waals surface area contributed by atoms with Crippen molar-refractivity contribution in [1.82, 2.24) is 20.4 Å². The average molecular weight is 431 g/mol. The molecular weight excluding hydrogens is 412 g/mol. The molecule has 0 unspecified atom stereocenters. The molecule has 0 bridgehead atoms. The topological polar surface area (TPSA) is 100 Å². The molecule has 3 aromatic rings. The molecule has 0 saturated carbocycles. The lowest BCUT2D eigenvalue weighted by molar-refractivity contribution is 0.0944. The monoisotopic (exact) mass is 430 g/mol. The number of para-hydroxylation sites is 1. The molecule has 0 spiro atoms. The molecule has 1 saturated heterocycles. The first-order valence-electron chi connectivity index (χ1n) is 9.06. The number of nitrogens with one attached hydrogen (secondary N) is 4. The van der Waals surface area contributed by atoms with Gasteiger partial charge in [-0.3, -0.25) is 4.79 Å². The molecular formula is C19H19ClN6O2S. The molecule has 1 aromatic carbocycles. The molecule has 1 atom stereocenters. The summed E-state index contributed by atoms with van der Waals surface area (Å²) in [6.45, 7) is 1.72. The number of nitrogens with zero attached hydrogens (tertiary/aromatic N) is 2. The minimum atomic E-state index is -0.423. The molecule has 3 amide bonds. The Balaban J connectivity index is 1.37. The fraction of sp³-hybridized carbons (Fsp3) is 0.211. The standard InChI is InChI=1S/C19H19ClN6O2S/c20-15-3-1-2-4-16(15)25-19(28)24-13-9-22-26(10-13)14-7-17(29-11-14)18(27)23-12-5-6-21-8-12/h1-4,7,9-12,21H,5-6,8H2,(H,23,27)(H2,24,25,28)/t12-/m1/s1. The molecule has 4 N–H and O–H groups in total. The Hall–Kier alpha value is -2.88. The van der Waals surface area contributed by atoms with Crippen molar-refractivity contribution >= 4 is 46.3 Å². The van der Waals surface area contributed by atoms with E-state index in [-0.39, 0.29) is 11.9 Å². The van der Waals surface area contributed by atoms with Gasteiger partial charge in [0, 0.05) is 18.0 Å². The van der Waals surface area contributed by atoms with E-state index in [9.17, 15) is 9.59 Å². The molecule has 1 aliphatic rings. The van der Waals surface area contributed by atoms with E-state index in [4.69, 9.17) is 11.6 Å². The second kappa shape index (κ2) is 8.64. The summed E-state index contributed by atoms with van der Waals surface area (Å²) in [5.41, 5.74) is 1.79. The first-order chi connectivity index (χ1) is 14.1. The van der Waals surface area contributed by atoms with Crippen LogP contribution in [0.15, 0.2) is 48.1 Å². The van der Waals surface area contributed by atoms with Crippen LogP contribution in [0.2, 0.25) is 5.02 Å². The molecule has 4 rings (SSSR count). The number of carbonyl (C=O) groups excluding carboxylic acids is 2. The van der Waals surface area contributed by atoms with E-state index in [2.05, 4.69) is 26.4 Å². The number of rotatable bonds is 5. The largest absolute Gasteiger partial charge is 0.347 e. The third kappa shape index (κ3) is 4.76. The zero-order chi connectivity index (χ0) is 20.2. The summed E-state index contributed by atoms with van der Waals surface area (Å²) in [5, 5.41) is 18.2. The predicted octanol–water partition coefficient (Wildman–Crippen LogP) is 3.32. The molecule has 29 heavy (non-hydrogen) atoms. The Morgan fingerprint density at radius 3 is 2.93 bits per heavy atom. The van der Waals surface area contributed by atoms with Gasteiger partial charge in [-0.15, -0.1) is 11.3 Å². The summed E-state index contributed by atoms with van der Waals surface area (Å²) in [4.78, 5) is 25.1. The highest BCUT2D eigenvalue weighted by molar-refractivity contribution is 7.12. The number of aromatic nitrogens is 2. The fourth-order valence-electron chi connectivity index (χ4n) is 2.98. The van der Waals surface area contributed by atoms with Gasteiger partial charge in [-0.05, 0) is 31.2 Å². The first-order valence-corrected chi connectivity index (χ1v) is 10.3. The highest BCUT2D eigenvalue weighted by Gasteiger charge is 2.19. The number of halogens is 1. The first kappa shape index (κ1) is 19.4. The predicted molar refractivity (Wildman–Crippen MR) is 114 cm³/mol. The fourth-order valence-corrected chi connectivity index (χ4v) is 3.94. The number of hydrogen-bond acceptors (Lipinski definition) is 5. The lowest BCUT2D eigenvalue weighted by atomic mass is 10.2. The minimum absolute atomic E-state index is 0.0837. The van der Waals surface area contributed by atoms with Gasteiger partial charge in [0.2, 0.25) is 0 Å². The van der Waals surface area contributed by atoms with E-state index in [1.807, 2.05) is 5.38 Å². The molecule has 150 valence electrons. The van der Waals surface area contributed by atoms with Crippen LogP contribution in [-0.2, 0) is 0 Å². The lowest BCUT2D eigenvalue weighted by Gasteiger charge is -2.09. The Kier molecular flexibility index (Phi) is 5.79. The zero-order valence-corrected chi connectivity index (χ0v) is 16.9. The maximum atomic E-state index is 12.4. The molecule has 1 aliphatic heterocycles. The van der Waals surface area contributed by atoms with Crippen LogP contribution < -0.4 is 21.3 Å². The second-order valence-corrected chi connectivity index (χ2v) is 7.88. The van der Waals surface area contributed by atoms with Gasteiger partial charge < -0.3 is 21.3 Å². The summed E-state index contributed by atoms with van der Waals surface area (Å²) in [6, 6.07) is 8.51. The van der Waals surface area contributed by atoms with Crippen LogP contribution in [0, 0.1) is 0 Å². The average Bonchev–Trinajstić information content (AvgIpc) is 3.44. The number of thiophene rings is 1. The Morgan fingerprint density at radius 1 is 1.28 bits per heavy atom. The van der Waals surface area contributed by atoms with Crippen LogP contribution >= 0.6 is 22.9 Å². The van der Waals surface area contributed by atoms with Crippen LogP contribution in [0.4, 0.5) is 16.2 Å². The van der Waals surface area contributed by atoms with Crippen molar-refractivity contribution in [2.45, 2.75) is 12.5 Å². The Morgan fingerprint density at radius 2 is 2.14 bits per heavy atom. The van der Waals surface area contributed by atoms with E-state index >= 15 is 0 Å². The third-order valence-electron chi connectivity index (χ3n) is 4.43. The van der Waals surface area contributed by atoms with Crippen molar-refractivity contribution in [1.29, 1.82) is 0 Å². The number of urea groups is 1. The van der Waals surface area contributed by atoms with Crippen molar-refractivity contribution in [2.75, 3.05) is 23.7 Å². The van der Waals surface area contributed by atoms with Crippen LogP contribution in [0.25, 0.3) is 5.69 Å². The van der Waals surface area contributed by atoms with E-state index < -0.39 is 6.03 Å². The maximum Gasteiger partial charge on any atom is 0.323 e. The third-order valence-corrected chi connectivity index (χ3v) is 5.68. The van der Waals surface area contributed by atoms with Gasteiger partial charge in [-0.25, -0.2) is 9.48 Å². The van der Waals surface area contributed by atoms with Crippen molar-refractivity contribution in [3.63, 3.8) is 0 Å². The molecule has 0 radical (unpaired) electrons. The van der Waals surface area contributed by atoms with Crippen LogP contribution in [-0.4, -0.2) is 40.9 Å². The smallest absolute Gasteiger partial charge is 0.323 e. The number of benzene rings is 1. The maximum absolute atomic E-state index is 12.4. The molecule has 2 aromatic heterocycles. The van der Waals surface area contributed by atoms with Crippen LogP contribution in [0.5, 0.6) is 0 Å². The van der Waals surface area contributed by atoms with Gasteiger partial charge in [-0.2, -0.15) is 5.10 Å². The highest BCUT2D eigenvalue weighted by atomic mass is 35.5. The van der Waals surface area contributed by atoms with E-state index in [0.29, 0.717) is 21.3 Å². The molecule has 10 heteroatoms. The second-order valence-electron chi connectivity index (χ2n) is 6.56. The van der Waals surface area contributed by atoms with Crippen molar-refractivity contribution in [3.05, 3.63) is 58.0 Å².